The number of ketones is 1. The fourth-order valence-electron chi connectivity index (χ4n) is 2.84. The van der Waals surface area contributed by atoms with E-state index in [1.54, 1.807) is 17.4 Å². The summed E-state index contributed by atoms with van der Waals surface area (Å²) in [6.07, 6.45) is 11.3. The smallest absolute Gasteiger partial charge is 0.195 e. The van der Waals surface area contributed by atoms with Crippen LogP contribution in [0.1, 0.15) is 58.0 Å². The Morgan fingerprint density at radius 2 is 2.09 bits per heavy atom. The summed E-state index contributed by atoms with van der Waals surface area (Å²) in [7, 11) is 0. The first-order valence-electron chi connectivity index (χ1n) is 8.16. The van der Waals surface area contributed by atoms with Crippen LogP contribution in [-0.4, -0.2) is 5.78 Å². The zero-order valence-electron chi connectivity index (χ0n) is 13.1. The van der Waals surface area contributed by atoms with Crippen molar-refractivity contribution in [1.82, 2.24) is 0 Å². The van der Waals surface area contributed by atoms with Crippen molar-refractivity contribution in [3.63, 3.8) is 0 Å². The maximum atomic E-state index is 12.2. The van der Waals surface area contributed by atoms with Gasteiger partial charge in [0.15, 0.2) is 5.78 Å². The van der Waals surface area contributed by atoms with Crippen LogP contribution in [0.15, 0.2) is 35.7 Å². The molecule has 1 nitrogen and oxygen atoms in total. The molecule has 3 heteroatoms. The fourth-order valence-corrected chi connectivity index (χ4v) is 4.26. The van der Waals surface area contributed by atoms with Crippen LogP contribution >= 0.6 is 22.7 Å². The summed E-state index contributed by atoms with van der Waals surface area (Å²) >= 11 is 3.13. The molecular formula is C20H20OS2. The third-order valence-electron chi connectivity index (χ3n) is 4.12. The van der Waals surface area contributed by atoms with Gasteiger partial charge in [-0.15, -0.1) is 22.7 Å². The van der Waals surface area contributed by atoms with E-state index >= 15 is 0 Å². The number of hydrogen-bond acceptors (Lipinski definition) is 3. The molecule has 3 rings (SSSR count). The molecular weight excluding hydrogens is 320 g/mol. The molecule has 2 heterocycles. The van der Waals surface area contributed by atoms with Crippen molar-refractivity contribution >= 4 is 34.5 Å². The SMILES string of the molecule is O=C(/C=C\c1cccs1)c1ccc(C#CCC2CCCCC2)s1. The van der Waals surface area contributed by atoms with E-state index < -0.39 is 0 Å². The van der Waals surface area contributed by atoms with E-state index in [4.69, 9.17) is 0 Å². The first kappa shape index (κ1) is 16.2. The van der Waals surface area contributed by atoms with Crippen molar-refractivity contribution in [2.75, 3.05) is 0 Å². The molecule has 0 amide bonds. The molecule has 0 radical (unpaired) electrons. The molecule has 2 aromatic rings. The summed E-state index contributed by atoms with van der Waals surface area (Å²) in [4.78, 5) is 15.0. The minimum absolute atomic E-state index is 0.0590. The average Bonchev–Trinajstić information content (AvgIpc) is 3.25. The second-order valence-corrected chi connectivity index (χ2v) is 7.95. The standard InChI is InChI=1S/C20H20OS2/c21-19(13-11-17-10-5-15-22-17)20-14-12-18(23-20)9-4-8-16-6-2-1-3-7-16/h5,10-16H,1-3,6-8H2/b13-11-. The quantitative estimate of drug-likeness (QED) is 0.377. The second-order valence-electron chi connectivity index (χ2n) is 5.89. The summed E-state index contributed by atoms with van der Waals surface area (Å²) in [6.45, 7) is 0. The average molecular weight is 341 g/mol. The first-order chi connectivity index (χ1) is 11.3. The van der Waals surface area contributed by atoms with Crippen molar-refractivity contribution in [3.8, 4) is 11.8 Å². The lowest BCUT2D eigenvalue weighted by Crippen LogP contribution is -2.04. The van der Waals surface area contributed by atoms with Gasteiger partial charge in [-0.25, -0.2) is 0 Å². The Kier molecular flexibility index (Phi) is 5.85. The molecule has 0 aliphatic heterocycles. The maximum Gasteiger partial charge on any atom is 0.195 e. The lowest BCUT2D eigenvalue weighted by Gasteiger charge is -2.18. The van der Waals surface area contributed by atoms with Crippen LogP contribution in [0.3, 0.4) is 0 Å². The molecule has 0 spiro atoms. The monoisotopic (exact) mass is 340 g/mol. The van der Waals surface area contributed by atoms with Crippen LogP contribution in [-0.2, 0) is 0 Å². The number of rotatable bonds is 4. The predicted octanol–water partition coefficient (Wildman–Crippen LogP) is 6.03. The molecule has 1 aliphatic carbocycles. The van der Waals surface area contributed by atoms with Crippen molar-refractivity contribution in [3.05, 3.63) is 50.4 Å². The van der Waals surface area contributed by atoms with Gasteiger partial charge in [-0.2, -0.15) is 0 Å². The van der Waals surface area contributed by atoms with Crippen LogP contribution in [0, 0.1) is 17.8 Å². The van der Waals surface area contributed by atoms with Crippen LogP contribution in [0.2, 0.25) is 0 Å². The molecule has 0 atom stereocenters. The molecule has 1 saturated carbocycles. The van der Waals surface area contributed by atoms with Crippen LogP contribution in [0.25, 0.3) is 6.08 Å². The fraction of sp³-hybridized carbons (Fsp3) is 0.350. The van der Waals surface area contributed by atoms with Crippen molar-refractivity contribution < 1.29 is 4.79 Å². The highest BCUT2D eigenvalue weighted by Gasteiger charge is 2.11. The molecule has 23 heavy (non-hydrogen) atoms. The van der Waals surface area contributed by atoms with Crippen molar-refractivity contribution in [2.45, 2.75) is 38.5 Å². The zero-order valence-corrected chi connectivity index (χ0v) is 14.7. The van der Waals surface area contributed by atoms with Crippen LogP contribution < -0.4 is 0 Å². The molecule has 0 unspecified atom stereocenters. The van der Waals surface area contributed by atoms with E-state index in [1.165, 1.54) is 43.4 Å². The Labute approximate surface area is 146 Å². The molecule has 1 fully saturated rings. The summed E-state index contributed by atoms with van der Waals surface area (Å²) in [5, 5.41) is 2.01. The van der Waals surface area contributed by atoms with E-state index in [0.717, 1.165) is 27.0 Å². The van der Waals surface area contributed by atoms with E-state index in [0.29, 0.717) is 0 Å². The number of thiophene rings is 2. The van der Waals surface area contributed by atoms with E-state index in [9.17, 15) is 4.79 Å². The Balaban J connectivity index is 1.56. The Morgan fingerprint density at radius 1 is 1.22 bits per heavy atom. The lowest BCUT2D eigenvalue weighted by atomic mass is 9.87. The molecule has 1 aliphatic rings. The third-order valence-corrected chi connectivity index (χ3v) is 5.97. The maximum absolute atomic E-state index is 12.2. The predicted molar refractivity (Wildman–Crippen MR) is 100 cm³/mol. The van der Waals surface area contributed by atoms with Gasteiger partial charge in [0.25, 0.3) is 0 Å². The Bertz CT molecular complexity index is 719. The summed E-state index contributed by atoms with van der Waals surface area (Å²) in [5.74, 6) is 7.38. The van der Waals surface area contributed by atoms with Crippen LogP contribution in [0.4, 0.5) is 0 Å². The van der Waals surface area contributed by atoms with Gasteiger partial charge in [-0.1, -0.05) is 37.2 Å². The van der Waals surface area contributed by atoms with E-state index in [2.05, 4.69) is 11.8 Å². The normalized spacial score (nSPS) is 15.5. The van der Waals surface area contributed by atoms with E-state index in [1.807, 2.05) is 35.7 Å². The van der Waals surface area contributed by atoms with E-state index in [-0.39, 0.29) is 5.78 Å². The highest BCUT2D eigenvalue weighted by atomic mass is 32.1. The number of carbonyl (C=O) groups is 1. The highest BCUT2D eigenvalue weighted by Crippen LogP contribution is 2.26. The molecule has 118 valence electrons. The largest absolute Gasteiger partial charge is 0.288 e. The van der Waals surface area contributed by atoms with Gasteiger partial charge < -0.3 is 0 Å². The third kappa shape index (κ3) is 4.92. The Hall–Kier alpha value is -1.63. The van der Waals surface area contributed by atoms with Gasteiger partial charge in [0.2, 0.25) is 0 Å². The number of allylic oxidation sites excluding steroid dienone is 1. The number of hydrogen-bond donors (Lipinski definition) is 0. The highest BCUT2D eigenvalue weighted by molar-refractivity contribution is 7.14. The molecule has 2 aromatic heterocycles. The first-order valence-corrected chi connectivity index (χ1v) is 9.85. The molecule has 0 N–H and O–H groups in total. The molecule has 0 aromatic carbocycles. The Morgan fingerprint density at radius 3 is 2.87 bits per heavy atom. The van der Waals surface area contributed by atoms with Crippen molar-refractivity contribution in [1.29, 1.82) is 0 Å². The number of carbonyl (C=O) groups excluding carboxylic acids is 1. The second kappa shape index (κ2) is 8.29. The summed E-state index contributed by atoms with van der Waals surface area (Å²) in [5.41, 5.74) is 0. The van der Waals surface area contributed by atoms with Crippen molar-refractivity contribution in [2.24, 2.45) is 5.92 Å². The molecule has 0 saturated heterocycles. The minimum Gasteiger partial charge on any atom is -0.288 e. The molecule has 0 bridgehead atoms. The van der Waals surface area contributed by atoms with Gasteiger partial charge in [0, 0.05) is 11.3 Å². The minimum atomic E-state index is 0.0590. The van der Waals surface area contributed by atoms with Gasteiger partial charge in [0.05, 0.1) is 9.75 Å². The summed E-state index contributed by atoms with van der Waals surface area (Å²) < 4.78 is 0. The zero-order chi connectivity index (χ0) is 15.9. The topological polar surface area (TPSA) is 17.1 Å². The van der Waals surface area contributed by atoms with Crippen LogP contribution in [0.5, 0.6) is 0 Å². The summed E-state index contributed by atoms with van der Waals surface area (Å²) in [6, 6.07) is 7.84. The lowest BCUT2D eigenvalue weighted by molar-refractivity contribution is 0.105. The van der Waals surface area contributed by atoms with Gasteiger partial charge in [-0.05, 0) is 54.5 Å². The van der Waals surface area contributed by atoms with Gasteiger partial charge >= 0.3 is 0 Å². The van der Waals surface area contributed by atoms with Gasteiger partial charge in [-0.3, -0.25) is 4.79 Å². The van der Waals surface area contributed by atoms with Gasteiger partial charge in [0.1, 0.15) is 0 Å².